The van der Waals surface area contributed by atoms with E-state index in [0.29, 0.717) is 29.2 Å². The molecule has 0 atom stereocenters. The molecular formula is C17H23ClN6O2. The first-order valence-corrected chi connectivity index (χ1v) is 8.56. The molecule has 3 aromatic heterocycles. The zero-order valence-corrected chi connectivity index (χ0v) is 15.9. The van der Waals surface area contributed by atoms with Crippen LogP contribution in [0.4, 0.5) is 0 Å². The predicted octanol–water partition coefficient (Wildman–Crippen LogP) is 2.00. The molecule has 26 heavy (non-hydrogen) atoms. The first-order chi connectivity index (χ1) is 11.9. The van der Waals surface area contributed by atoms with Gasteiger partial charge in [-0.3, -0.25) is 14.6 Å². The SMILES string of the molecule is Cc1nc2c(c(C)c1Cc1nc(C3(N)CCCC3)no1)c(=O)[nH]n2C.Cl. The zero-order chi connectivity index (χ0) is 17.8. The van der Waals surface area contributed by atoms with Crippen LogP contribution in [0.3, 0.4) is 0 Å². The van der Waals surface area contributed by atoms with Gasteiger partial charge < -0.3 is 10.3 Å². The Kier molecular flexibility index (Phi) is 4.66. The van der Waals surface area contributed by atoms with Gasteiger partial charge in [-0.25, -0.2) is 4.98 Å². The smallest absolute Gasteiger partial charge is 0.273 e. The lowest BCUT2D eigenvalue weighted by Gasteiger charge is -2.17. The molecule has 3 N–H and O–H groups in total. The summed E-state index contributed by atoms with van der Waals surface area (Å²) in [6.07, 6.45) is 4.40. The predicted molar refractivity (Wildman–Crippen MR) is 99.5 cm³/mol. The van der Waals surface area contributed by atoms with Gasteiger partial charge in [0.25, 0.3) is 5.56 Å². The van der Waals surface area contributed by atoms with E-state index in [1.807, 2.05) is 13.8 Å². The average molecular weight is 379 g/mol. The molecule has 0 bridgehead atoms. The van der Waals surface area contributed by atoms with Crippen molar-refractivity contribution in [1.29, 1.82) is 0 Å². The van der Waals surface area contributed by atoms with Crippen LogP contribution in [0.15, 0.2) is 9.32 Å². The maximum atomic E-state index is 12.2. The van der Waals surface area contributed by atoms with Crippen LogP contribution < -0.4 is 11.3 Å². The van der Waals surface area contributed by atoms with Crippen LogP contribution in [0.25, 0.3) is 11.0 Å². The van der Waals surface area contributed by atoms with Crippen molar-refractivity contribution in [3.8, 4) is 0 Å². The topological polar surface area (TPSA) is 116 Å². The van der Waals surface area contributed by atoms with Gasteiger partial charge >= 0.3 is 0 Å². The van der Waals surface area contributed by atoms with Crippen LogP contribution in [0.1, 0.15) is 54.2 Å². The Hall–Kier alpha value is -2.19. The zero-order valence-electron chi connectivity index (χ0n) is 15.1. The largest absolute Gasteiger partial charge is 0.339 e. The van der Waals surface area contributed by atoms with Gasteiger partial charge in [0.15, 0.2) is 11.5 Å². The maximum Gasteiger partial charge on any atom is 0.273 e. The van der Waals surface area contributed by atoms with Crippen LogP contribution in [0.2, 0.25) is 0 Å². The summed E-state index contributed by atoms with van der Waals surface area (Å²) in [6, 6.07) is 0. The molecule has 0 unspecified atom stereocenters. The molecule has 4 rings (SSSR count). The van der Waals surface area contributed by atoms with E-state index in [2.05, 4.69) is 20.2 Å². The second kappa shape index (κ2) is 6.51. The molecule has 0 spiro atoms. The molecule has 1 aliphatic carbocycles. The highest BCUT2D eigenvalue weighted by molar-refractivity contribution is 5.85. The summed E-state index contributed by atoms with van der Waals surface area (Å²) in [6.45, 7) is 3.86. The van der Waals surface area contributed by atoms with Crippen molar-refractivity contribution in [3.05, 3.63) is 38.9 Å². The summed E-state index contributed by atoms with van der Waals surface area (Å²) < 4.78 is 7.09. The Labute approximate surface area is 156 Å². The van der Waals surface area contributed by atoms with E-state index in [-0.39, 0.29) is 18.0 Å². The second-order valence-electron chi connectivity index (χ2n) is 7.05. The van der Waals surface area contributed by atoms with E-state index in [9.17, 15) is 4.79 Å². The molecule has 3 aromatic rings. The summed E-state index contributed by atoms with van der Waals surface area (Å²) in [5, 5.41) is 7.46. The van der Waals surface area contributed by atoms with Crippen LogP contribution in [0.5, 0.6) is 0 Å². The number of nitrogens with one attached hydrogen (secondary N) is 1. The van der Waals surface area contributed by atoms with Crippen molar-refractivity contribution < 1.29 is 4.52 Å². The number of aromatic nitrogens is 5. The van der Waals surface area contributed by atoms with Gasteiger partial charge in [-0.05, 0) is 37.8 Å². The highest BCUT2D eigenvalue weighted by Gasteiger charge is 2.36. The van der Waals surface area contributed by atoms with Crippen molar-refractivity contribution in [2.75, 3.05) is 0 Å². The van der Waals surface area contributed by atoms with Crippen molar-refractivity contribution in [2.24, 2.45) is 12.8 Å². The summed E-state index contributed by atoms with van der Waals surface area (Å²) >= 11 is 0. The summed E-state index contributed by atoms with van der Waals surface area (Å²) in [5.74, 6) is 1.09. The third-order valence-electron chi connectivity index (χ3n) is 5.31. The molecule has 0 amide bonds. The lowest BCUT2D eigenvalue weighted by Crippen LogP contribution is -2.34. The van der Waals surface area contributed by atoms with Crippen LogP contribution in [-0.4, -0.2) is 24.9 Å². The Morgan fingerprint density at radius 2 is 1.96 bits per heavy atom. The highest BCUT2D eigenvalue weighted by atomic mass is 35.5. The van der Waals surface area contributed by atoms with Gasteiger partial charge in [0.1, 0.15) is 0 Å². The van der Waals surface area contributed by atoms with Gasteiger partial charge in [-0.15, -0.1) is 12.4 Å². The normalized spacial score (nSPS) is 16.2. The second-order valence-corrected chi connectivity index (χ2v) is 7.05. The number of aryl methyl sites for hydroxylation is 3. The summed E-state index contributed by atoms with van der Waals surface area (Å²) in [4.78, 5) is 21.3. The van der Waals surface area contributed by atoms with E-state index >= 15 is 0 Å². The number of aromatic amines is 1. The number of rotatable bonds is 3. The molecule has 0 saturated heterocycles. The van der Waals surface area contributed by atoms with Gasteiger partial charge in [0.05, 0.1) is 17.3 Å². The van der Waals surface area contributed by atoms with Crippen molar-refractivity contribution in [1.82, 2.24) is 24.9 Å². The molecule has 9 heteroatoms. The van der Waals surface area contributed by atoms with E-state index < -0.39 is 5.54 Å². The van der Waals surface area contributed by atoms with Gasteiger partial charge in [-0.1, -0.05) is 18.0 Å². The minimum atomic E-state index is -0.468. The van der Waals surface area contributed by atoms with Crippen molar-refractivity contribution in [3.63, 3.8) is 0 Å². The highest BCUT2D eigenvalue weighted by Crippen LogP contribution is 2.34. The molecule has 1 saturated carbocycles. The Balaban J connectivity index is 0.00000196. The molecule has 3 heterocycles. The van der Waals surface area contributed by atoms with Crippen molar-refractivity contribution >= 4 is 23.4 Å². The molecule has 1 fully saturated rings. The number of nitrogens with two attached hydrogens (primary N) is 1. The number of fused-ring (bicyclic) bond motifs is 1. The standard InChI is InChI=1S/C17H22N6O2.ClH/c1-9-11(10(2)19-14-13(9)15(24)21-23(14)3)8-12-20-16(22-25-12)17(18)6-4-5-7-17;/h4-8,18H2,1-3H3,(H,21,24);1H. The molecule has 8 nitrogen and oxygen atoms in total. The molecular weight excluding hydrogens is 356 g/mol. The monoisotopic (exact) mass is 378 g/mol. The molecule has 1 aliphatic rings. The van der Waals surface area contributed by atoms with E-state index in [1.54, 1.807) is 11.7 Å². The van der Waals surface area contributed by atoms with Crippen molar-refractivity contribution in [2.45, 2.75) is 51.5 Å². The number of pyridine rings is 1. The third kappa shape index (κ3) is 2.83. The molecule has 0 aromatic carbocycles. The molecule has 140 valence electrons. The van der Waals surface area contributed by atoms with E-state index in [0.717, 1.165) is 42.5 Å². The number of hydrogen-bond donors (Lipinski definition) is 2. The van der Waals surface area contributed by atoms with E-state index in [1.165, 1.54) is 0 Å². The number of H-pyrrole nitrogens is 1. The van der Waals surface area contributed by atoms with Crippen LogP contribution >= 0.6 is 12.4 Å². The van der Waals surface area contributed by atoms with Crippen LogP contribution in [-0.2, 0) is 19.0 Å². The Morgan fingerprint density at radius 3 is 2.65 bits per heavy atom. The van der Waals surface area contributed by atoms with Gasteiger partial charge in [0, 0.05) is 12.7 Å². The number of hydrogen-bond acceptors (Lipinski definition) is 6. The quantitative estimate of drug-likeness (QED) is 0.720. The summed E-state index contributed by atoms with van der Waals surface area (Å²) in [5.41, 5.74) is 9.14. The third-order valence-corrected chi connectivity index (χ3v) is 5.31. The van der Waals surface area contributed by atoms with Gasteiger partial charge in [0.2, 0.25) is 5.89 Å². The first-order valence-electron chi connectivity index (χ1n) is 8.56. The van der Waals surface area contributed by atoms with Gasteiger partial charge in [-0.2, -0.15) is 4.98 Å². The van der Waals surface area contributed by atoms with E-state index in [4.69, 9.17) is 10.3 Å². The average Bonchev–Trinajstić information content (AvgIpc) is 3.25. The fourth-order valence-electron chi connectivity index (χ4n) is 3.82. The number of halogens is 1. The minimum Gasteiger partial charge on any atom is -0.339 e. The maximum absolute atomic E-state index is 12.2. The number of nitrogens with zero attached hydrogens (tertiary/aromatic N) is 4. The fourth-order valence-corrected chi connectivity index (χ4v) is 3.82. The minimum absolute atomic E-state index is 0. The lowest BCUT2D eigenvalue weighted by atomic mass is 9.98. The fraction of sp³-hybridized carbons (Fsp3) is 0.529. The molecule has 0 radical (unpaired) electrons. The first kappa shape index (κ1) is 18.6. The Bertz CT molecular complexity index is 1010. The summed E-state index contributed by atoms with van der Waals surface area (Å²) in [7, 11) is 1.78. The van der Waals surface area contributed by atoms with Crippen LogP contribution in [0, 0.1) is 13.8 Å². The Morgan fingerprint density at radius 1 is 1.27 bits per heavy atom. The lowest BCUT2D eigenvalue weighted by molar-refractivity contribution is 0.352. The molecule has 0 aliphatic heterocycles.